The number of amides is 1. The van der Waals surface area contributed by atoms with Gasteiger partial charge in [0, 0.05) is 12.5 Å². The van der Waals surface area contributed by atoms with Crippen molar-refractivity contribution in [1.82, 2.24) is 14.7 Å². The lowest BCUT2D eigenvalue weighted by Gasteiger charge is -2.27. The summed E-state index contributed by atoms with van der Waals surface area (Å²) in [4.78, 5) is 14.1. The minimum absolute atomic E-state index is 0.146. The summed E-state index contributed by atoms with van der Waals surface area (Å²) in [7, 11) is 0. The van der Waals surface area contributed by atoms with Crippen molar-refractivity contribution in [2.75, 3.05) is 6.54 Å². The van der Waals surface area contributed by atoms with E-state index in [1.807, 2.05) is 4.68 Å². The highest BCUT2D eigenvalue weighted by atomic mass is 19.1. The van der Waals surface area contributed by atoms with Gasteiger partial charge in [0.05, 0.1) is 30.0 Å². The van der Waals surface area contributed by atoms with Crippen molar-refractivity contribution < 1.29 is 9.18 Å². The third-order valence-electron chi connectivity index (χ3n) is 4.20. The van der Waals surface area contributed by atoms with Crippen molar-refractivity contribution in [3.05, 3.63) is 53.1 Å². The number of fused-ring (bicyclic) bond motifs is 1. The standard InChI is InChI=1S/C16H16FN3O/c17-14-4-2-1-3-13(14)16(21)19-7-8-20-12(10-19)9-15(18-20)11-5-6-11/h1-4,9,11H,5-8,10H2. The quantitative estimate of drug-likeness (QED) is 0.850. The van der Waals surface area contributed by atoms with Crippen LogP contribution in [0.2, 0.25) is 0 Å². The van der Waals surface area contributed by atoms with Crippen molar-refractivity contribution in [2.45, 2.75) is 31.8 Å². The van der Waals surface area contributed by atoms with Gasteiger partial charge in [0.2, 0.25) is 0 Å². The second-order valence-electron chi connectivity index (χ2n) is 5.76. The van der Waals surface area contributed by atoms with Crippen LogP contribution in [0.3, 0.4) is 0 Å². The topological polar surface area (TPSA) is 38.1 Å². The number of carbonyl (C=O) groups excluding carboxylic acids is 1. The van der Waals surface area contributed by atoms with Crippen LogP contribution < -0.4 is 0 Å². The molecule has 0 saturated heterocycles. The molecule has 0 spiro atoms. The van der Waals surface area contributed by atoms with E-state index < -0.39 is 5.82 Å². The Morgan fingerprint density at radius 2 is 2.05 bits per heavy atom. The summed E-state index contributed by atoms with van der Waals surface area (Å²) in [6.45, 7) is 1.76. The molecule has 1 aromatic heterocycles. The number of hydrogen-bond donors (Lipinski definition) is 0. The largest absolute Gasteiger partial charge is 0.331 e. The summed E-state index contributed by atoms with van der Waals surface area (Å²) >= 11 is 0. The highest BCUT2D eigenvalue weighted by molar-refractivity contribution is 5.94. The maximum atomic E-state index is 13.7. The third-order valence-corrected chi connectivity index (χ3v) is 4.20. The second kappa shape index (κ2) is 4.69. The number of nitrogens with zero attached hydrogens (tertiary/aromatic N) is 3. The Hall–Kier alpha value is -2.17. The molecule has 1 fully saturated rings. The second-order valence-corrected chi connectivity index (χ2v) is 5.76. The van der Waals surface area contributed by atoms with E-state index in [1.54, 1.807) is 23.1 Å². The van der Waals surface area contributed by atoms with Crippen LogP contribution in [-0.2, 0) is 13.1 Å². The first-order valence-corrected chi connectivity index (χ1v) is 7.33. The Bertz CT molecular complexity index is 705. The molecule has 2 heterocycles. The molecule has 0 atom stereocenters. The van der Waals surface area contributed by atoms with E-state index in [0.29, 0.717) is 25.6 Å². The molecule has 4 rings (SSSR count). The number of aromatic nitrogens is 2. The predicted molar refractivity (Wildman–Crippen MR) is 75.3 cm³/mol. The van der Waals surface area contributed by atoms with Crippen LogP contribution in [0.15, 0.2) is 30.3 Å². The van der Waals surface area contributed by atoms with Crippen LogP contribution in [0.4, 0.5) is 4.39 Å². The lowest BCUT2D eigenvalue weighted by molar-refractivity contribution is 0.0701. The monoisotopic (exact) mass is 285 g/mol. The van der Waals surface area contributed by atoms with Crippen molar-refractivity contribution >= 4 is 5.91 Å². The first kappa shape index (κ1) is 12.6. The Balaban J connectivity index is 1.57. The summed E-state index contributed by atoms with van der Waals surface area (Å²) in [5, 5.41) is 4.60. The van der Waals surface area contributed by atoms with Crippen LogP contribution in [0.1, 0.15) is 40.5 Å². The van der Waals surface area contributed by atoms with E-state index in [0.717, 1.165) is 11.4 Å². The van der Waals surface area contributed by atoms with E-state index in [-0.39, 0.29) is 11.5 Å². The summed E-state index contributed by atoms with van der Waals surface area (Å²) in [6.07, 6.45) is 2.43. The Morgan fingerprint density at radius 1 is 1.24 bits per heavy atom. The maximum absolute atomic E-state index is 13.7. The molecule has 0 unspecified atom stereocenters. The molecule has 1 amide bonds. The average Bonchev–Trinajstić information content (AvgIpc) is 3.26. The van der Waals surface area contributed by atoms with Crippen LogP contribution in [0, 0.1) is 5.82 Å². The van der Waals surface area contributed by atoms with E-state index in [9.17, 15) is 9.18 Å². The number of hydrogen-bond acceptors (Lipinski definition) is 2. The first-order valence-electron chi connectivity index (χ1n) is 7.33. The van der Waals surface area contributed by atoms with Crippen molar-refractivity contribution in [3.63, 3.8) is 0 Å². The smallest absolute Gasteiger partial charge is 0.257 e. The van der Waals surface area contributed by atoms with Crippen LogP contribution >= 0.6 is 0 Å². The average molecular weight is 285 g/mol. The minimum atomic E-state index is -0.458. The van der Waals surface area contributed by atoms with Crippen molar-refractivity contribution in [3.8, 4) is 0 Å². The molecule has 1 aromatic carbocycles. The molecule has 2 aliphatic rings. The fraction of sp³-hybridized carbons (Fsp3) is 0.375. The maximum Gasteiger partial charge on any atom is 0.257 e. The van der Waals surface area contributed by atoms with Gasteiger partial charge < -0.3 is 4.90 Å². The van der Waals surface area contributed by atoms with Gasteiger partial charge in [0.1, 0.15) is 5.82 Å². The zero-order valence-electron chi connectivity index (χ0n) is 11.6. The van der Waals surface area contributed by atoms with Gasteiger partial charge in [-0.2, -0.15) is 5.10 Å². The van der Waals surface area contributed by atoms with Crippen LogP contribution in [-0.4, -0.2) is 27.1 Å². The summed E-state index contributed by atoms with van der Waals surface area (Å²) in [6, 6.07) is 8.25. The van der Waals surface area contributed by atoms with E-state index in [4.69, 9.17) is 0 Å². The lowest BCUT2D eigenvalue weighted by atomic mass is 10.1. The predicted octanol–water partition coefficient (Wildman–Crippen LogP) is 2.56. The van der Waals surface area contributed by atoms with Crippen molar-refractivity contribution in [2.24, 2.45) is 0 Å². The van der Waals surface area contributed by atoms with E-state index in [2.05, 4.69) is 11.2 Å². The molecule has 1 aliphatic heterocycles. The number of benzene rings is 1. The molecule has 1 saturated carbocycles. The third kappa shape index (κ3) is 2.22. The van der Waals surface area contributed by atoms with E-state index in [1.165, 1.54) is 18.9 Å². The van der Waals surface area contributed by atoms with Gasteiger partial charge in [0.25, 0.3) is 5.91 Å². The molecule has 0 radical (unpaired) electrons. The van der Waals surface area contributed by atoms with E-state index >= 15 is 0 Å². The Kier molecular flexibility index (Phi) is 2.80. The van der Waals surface area contributed by atoms with Crippen LogP contribution in [0.5, 0.6) is 0 Å². The zero-order valence-corrected chi connectivity index (χ0v) is 11.6. The lowest BCUT2D eigenvalue weighted by Crippen LogP contribution is -2.38. The van der Waals surface area contributed by atoms with Gasteiger partial charge in [-0.25, -0.2) is 4.39 Å². The molecule has 2 aromatic rings. The Morgan fingerprint density at radius 3 is 2.81 bits per heavy atom. The van der Waals surface area contributed by atoms with Gasteiger partial charge in [-0.05, 0) is 31.0 Å². The SMILES string of the molecule is O=C(c1ccccc1F)N1CCn2nc(C3CC3)cc2C1. The fourth-order valence-corrected chi connectivity index (χ4v) is 2.85. The highest BCUT2D eigenvalue weighted by Crippen LogP contribution is 2.39. The molecule has 0 bridgehead atoms. The minimum Gasteiger partial charge on any atom is -0.331 e. The van der Waals surface area contributed by atoms with Gasteiger partial charge in [-0.3, -0.25) is 9.48 Å². The molecule has 21 heavy (non-hydrogen) atoms. The number of halogens is 1. The van der Waals surface area contributed by atoms with Gasteiger partial charge in [-0.15, -0.1) is 0 Å². The summed E-state index contributed by atoms with van der Waals surface area (Å²) in [5.74, 6) is -0.0902. The molecular weight excluding hydrogens is 269 g/mol. The summed E-state index contributed by atoms with van der Waals surface area (Å²) < 4.78 is 15.7. The highest BCUT2D eigenvalue weighted by Gasteiger charge is 2.30. The number of rotatable bonds is 2. The molecule has 108 valence electrons. The van der Waals surface area contributed by atoms with Crippen LogP contribution in [0.25, 0.3) is 0 Å². The van der Waals surface area contributed by atoms with Gasteiger partial charge >= 0.3 is 0 Å². The molecular formula is C16H16FN3O. The summed E-state index contributed by atoms with van der Waals surface area (Å²) in [5.41, 5.74) is 2.34. The zero-order chi connectivity index (χ0) is 14.4. The Labute approximate surface area is 122 Å². The molecule has 1 aliphatic carbocycles. The fourth-order valence-electron chi connectivity index (χ4n) is 2.85. The normalized spacial score (nSPS) is 17.7. The van der Waals surface area contributed by atoms with Crippen molar-refractivity contribution in [1.29, 1.82) is 0 Å². The van der Waals surface area contributed by atoms with Gasteiger partial charge in [-0.1, -0.05) is 12.1 Å². The first-order chi connectivity index (χ1) is 10.2. The number of carbonyl (C=O) groups is 1. The molecule has 0 N–H and O–H groups in total. The van der Waals surface area contributed by atoms with Gasteiger partial charge in [0.15, 0.2) is 0 Å². The molecule has 4 nitrogen and oxygen atoms in total. The molecule has 5 heteroatoms.